The Kier molecular flexibility index (Phi) is 14.3. The van der Waals surface area contributed by atoms with Crippen molar-refractivity contribution in [1.82, 2.24) is 15.0 Å². The molecule has 0 fully saturated rings. The summed E-state index contributed by atoms with van der Waals surface area (Å²) in [5, 5.41) is 18.4. The minimum absolute atomic E-state index is 0. The Hall–Kier alpha value is -4.58. The second-order valence-electron chi connectivity index (χ2n) is 11.3. The number of hydrogen-bond donors (Lipinski definition) is 1. The predicted octanol–water partition coefficient (Wildman–Crippen LogP) is 6.38. The van der Waals surface area contributed by atoms with Crippen LogP contribution < -0.4 is 23.8 Å². The van der Waals surface area contributed by atoms with Gasteiger partial charge in [-0.05, 0) is 65.9 Å². The summed E-state index contributed by atoms with van der Waals surface area (Å²) in [6.45, 7) is 4.07. The number of hydrogen-bond acceptors (Lipinski definition) is 10. The van der Waals surface area contributed by atoms with Crippen LogP contribution in [0.25, 0.3) is 11.3 Å². The van der Waals surface area contributed by atoms with Crippen LogP contribution in [0.15, 0.2) is 54.9 Å². The van der Waals surface area contributed by atoms with Crippen molar-refractivity contribution in [2.45, 2.75) is 51.9 Å². The van der Waals surface area contributed by atoms with Gasteiger partial charge in [0.2, 0.25) is 5.95 Å². The number of benzene rings is 2. The molecule has 4 aromatic rings. The molecule has 0 atom stereocenters. The number of carboxylic acids is 1. The second kappa shape index (κ2) is 17.9. The number of methoxy groups -OCH3 is 3. The van der Waals surface area contributed by atoms with Gasteiger partial charge < -0.3 is 29.0 Å². The number of carbonyl (C=O) groups is 1. The standard InChI is InChI=1S/C35H36F3N5O6.Na.H/c1-21(2)28-8-9-29(46-3)33(42-28)27-15-31(48-5)30(47-4)14-24(27)20-43(19-23-11-22(16-39)12-25(13-23)35(36,37)38)34-40-17-26(18-41-34)49-10-6-7-32(44)45;;/h8-9,11-15,17-18,21H,6-7,10,19-20H2,1-5H3,(H,44,45);;. The molecule has 0 amide bonds. The molecule has 0 aliphatic rings. The summed E-state index contributed by atoms with van der Waals surface area (Å²) in [7, 11) is 4.52. The van der Waals surface area contributed by atoms with Crippen molar-refractivity contribution in [3.8, 4) is 40.3 Å². The molecule has 260 valence electrons. The molecular weight excluding hydrogens is 666 g/mol. The fraction of sp³-hybridized carbons (Fsp3) is 0.343. The summed E-state index contributed by atoms with van der Waals surface area (Å²) in [6.07, 6.45) is -1.67. The number of alkyl halides is 3. The number of rotatable bonds is 15. The van der Waals surface area contributed by atoms with Crippen LogP contribution in [0, 0.1) is 11.3 Å². The van der Waals surface area contributed by atoms with Gasteiger partial charge in [-0.25, -0.2) is 15.0 Å². The van der Waals surface area contributed by atoms with E-state index < -0.39 is 17.7 Å². The molecule has 1 N–H and O–H groups in total. The van der Waals surface area contributed by atoms with E-state index in [0.29, 0.717) is 34.1 Å². The van der Waals surface area contributed by atoms with Gasteiger partial charge in [0, 0.05) is 30.8 Å². The summed E-state index contributed by atoms with van der Waals surface area (Å²) in [4.78, 5) is 26.3. The van der Waals surface area contributed by atoms with E-state index in [4.69, 9.17) is 29.0 Å². The van der Waals surface area contributed by atoms with E-state index >= 15 is 0 Å². The fourth-order valence-electron chi connectivity index (χ4n) is 5.01. The van der Waals surface area contributed by atoms with E-state index in [2.05, 4.69) is 9.97 Å². The molecule has 0 saturated carbocycles. The Balaban J connectivity index is 0.00000676. The van der Waals surface area contributed by atoms with Gasteiger partial charge in [0.05, 0.1) is 57.5 Å². The zero-order valence-corrected chi connectivity index (χ0v) is 27.7. The molecule has 2 heterocycles. The van der Waals surface area contributed by atoms with Crippen LogP contribution in [-0.4, -0.2) is 83.5 Å². The van der Waals surface area contributed by atoms with Gasteiger partial charge in [0.1, 0.15) is 11.4 Å². The van der Waals surface area contributed by atoms with E-state index in [-0.39, 0.29) is 90.8 Å². The number of carboxylic acid groups (broad SMARTS) is 1. The molecule has 2 aromatic carbocycles. The molecule has 0 radical (unpaired) electrons. The van der Waals surface area contributed by atoms with Crippen LogP contribution in [0.2, 0.25) is 0 Å². The molecule has 2 aromatic heterocycles. The summed E-state index contributed by atoms with van der Waals surface area (Å²) < 4.78 is 64.0. The summed E-state index contributed by atoms with van der Waals surface area (Å²) in [6, 6.07) is 12.2. The molecule has 0 spiro atoms. The van der Waals surface area contributed by atoms with Crippen LogP contribution >= 0.6 is 0 Å². The van der Waals surface area contributed by atoms with Gasteiger partial charge in [-0.15, -0.1) is 0 Å². The molecule has 0 aliphatic heterocycles. The second-order valence-corrected chi connectivity index (χ2v) is 11.3. The first-order chi connectivity index (χ1) is 23.4. The van der Waals surface area contributed by atoms with Crippen molar-refractivity contribution in [2.75, 3.05) is 32.8 Å². The number of aromatic nitrogens is 3. The SMILES string of the molecule is COc1cc(CN(Cc2cc(C#N)cc(C(F)(F)F)c2)c2ncc(OCCCC(=O)O)cn2)c(-c2nc(C(C)C)ccc2OC)cc1OC.[NaH]. The summed E-state index contributed by atoms with van der Waals surface area (Å²) in [5.41, 5.74) is 1.66. The zero-order valence-electron chi connectivity index (χ0n) is 27.7. The average molecular weight is 704 g/mol. The molecule has 11 nitrogen and oxygen atoms in total. The van der Waals surface area contributed by atoms with Gasteiger partial charge in [0.15, 0.2) is 17.2 Å². The van der Waals surface area contributed by atoms with Crippen LogP contribution in [0.1, 0.15) is 60.6 Å². The average Bonchev–Trinajstić information content (AvgIpc) is 3.08. The van der Waals surface area contributed by atoms with Crippen molar-refractivity contribution in [1.29, 1.82) is 5.26 Å². The van der Waals surface area contributed by atoms with Gasteiger partial charge in [0.25, 0.3) is 0 Å². The van der Waals surface area contributed by atoms with E-state index in [1.165, 1.54) is 39.8 Å². The molecule has 4 rings (SSSR count). The summed E-state index contributed by atoms with van der Waals surface area (Å²) in [5.74, 6) is 0.885. The van der Waals surface area contributed by atoms with Crippen molar-refractivity contribution in [3.63, 3.8) is 0 Å². The first-order valence-corrected chi connectivity index (χ1v) is 15.2. The van der Waals surface area contributed by atoms with Crippen LogP contribution in [-0.2, 0) is 24.1 Å². The molecule has 0 unspecified atom stereocenters. The normalized spacial score (nSPS) is 11.0. The quantitative estimate of drug-likeness (QED) is 0.109. The van der Waals surface area contributed by atoms with E-state index in [0.717, 1.165) is 17.8 Å². The number of halogens is 3. The topological polar surface area (TPSA) is 140 Å². The number of nitriles is 1. The zero-order chi connectivity index (χ0) is 35.7. The Morgan fingerprint density at radius 2 is 1.62 bits per heavy atom. The Labute approximate surface area is 310 Å². The Bertz CT molecular complexity index is 1820. The first kappa shape index (κ1) is 39.9. The van der Waals surface area contributed by atoms with Crippen molar-refractivity contribution in [2.24, 2.45) is 0 Å². The summed E-state index contributed by atoms with van der Waals surface area (Å²) >= 11 is 0. The third-order valence-corrected chi connectivity index (χ3v) is 7.44. The monoisotopic (exact) mass is 703 g/mol. The Morgan fingerprint density at radius 3 is 2.20 bits per heavy atom. The number of anilines is 1. The molecular formula is C35H37F3N5NaO6. The van der Waals surface area contributed by atoms with E-state index in [1.54, 1.807) is 17.0 Å². The predicted molar refractivity (Wildman–Crippen MR) is 181 cm³/mol. The van der Waals surface area contributed by atoms with Crippen molar-refractivity contribution < 1.29 is 42.0 Å². The molecule has 0 bridgehead atoms. The van der Waals surface area contributed by atoms with Crippen LogP contribution in [0.3, 0.4) is 0 Å². The van der Waals surface area contributed by atoms with Crippen LogP contribution in [0.4, 0.5) is 19.1 Å². The van der Waals surface area contributed by atoms with E-state index in [1.807, 2.05) is 32.0 Å². The third-order valence-electron chi connectivity index (χ3n) is 7.44. The van der Waals surface area contributed by atoms with Gasteiger partial charge >= 0.3 is 41.7 Å². The Morgan fingerprint density at radius 1 is 0.960 bits per heavy atom. The van der Waals surface area contributed by atoms with Crippen molar-refractivity contribution in [3.05, 3.63) is 82.8 Å². The van der Waals surface area contributed by atoms with Gasteiger partial charge in [-0.1, -0.05) is 13.8 Å². The van der Waals surface area contributed by atoms with Gasteiger partial charge in [-0.2, -0.15) is 18.4 Å². The number of aliphatic carboxylic acids is 1. The van der Waals surface area contributed by atoms with E-state index in [9.17, 15) is 23.2 Å². The maximum absolute atomic E-state index is 13.8. The number of ether oxygens (including phenoxy) is 4. The minimum atomic E-state index is -4.68. The first-order valence-electron chi connectivity index (χ1n) is 15.2. The number of nitrogens with zero attached hydrogens (tertiary/aromatic N) is 5. The van der Waals surface area contributed by atoms with Crippen molar-refractivity contribution >= 4 is 41.5 Å². The molecule has 15 heteroatoms. The maximum atomic E-state index is 13.8. The van der Waals surface area contributed by atoms with Gasteiger partial charge in [-0.3, -0.25) is 4.79 Å². The number of pyridine rings is 1. The molecule has 0 saturated heterocycles. The molecule has 50 heavy (non-hydrogen) atoms. The third kappa shape index (κ3) is 10.2. The van der Waals surface area contributed by atoms with Crippen LogP contribution in [0.5, 0.6) is 23.0 Å². The fourth-order valence-corrected chi connectivity index (χ4v) is 5.01. The molecule has 0 aliphatic carbocycles.